The topological polar surface area (TPSA) is 63.3 Å². The fraction of sp³-hybridized carbons (Fsp3) is 0.909. The van der Waals surface area contributed by atoms with Crippen molar-refractivity contribution in [3.63, 3.8) is 0 Å². The summed E-state index contributed by atoms with van der Waals surface area (Å²) < 4.78 is 0. The summed E-state index contributed by atoms with van der Waals surface area (Å²) in [6.07, 6.45) is 7.72. The molecule has 3 nitrogen and oxygen atoms in total. The fourth-order valence-electron chi connectivity index (χ4n) is 2.45. The summed E-state index contributed by atoms with van der Waals surface area (Å²) >= 11 is 0. The van der Waals surface area contributed by atoms with Crippen molar-refractivity contribution in [2.75, 3.05) is 6.54 Å². The molecule has 1 atom stereocenters. The number of hydrogen-bond acceptors (Lipinski definition) is 2. The van der Waals surface area contributed by atoms with Crippen LogP contribution in [-0.4, -0.2) is 17.6 Å². The largest absolute Gasteiger partial charge is 0.481 e. The summed E-state index contributed by atoms with van der Waals surface area (Å²) in [6, 6.07) is 0. The lowest BCUT2D eigenvalue weighted by atomic mass is 9.84. The molecule has 1 rings (SSSR count). The van der Waals surface area contributed by atoms with Gasteiger partial charge in [-0.2, -0.15) is 0 Å². The van der Waals surface area contributed by atoms with Gasteiger partial charge >= 0.3 is 5.97 Å². The highest BCUT2D eigenvalue weighted by Gasteiger charge is 2.23. The van der Waals surface area contributed by atoms with Gasteiger partial charge in [-0.15, -0.1) is 0 Å². The third-order valence-corrected chi connectivity index (χ3v) is 3.31. The van der Waals surface area contributed by atoms with Crippen molar-refractivity contribution in [3.05, 3.63) is 0 Å². The Morgan fingerprint density at radius 2 is 1.86 bits per heavy atom. The molecule has 1 fully saturated rings. The van der Waals surface area contributed by atoms with E-state index in [4.69, 9.17) is 10.8 Å². The Balaban J connectivity index is 2.44. The van der Waals surface area contributed by atoms with Crippen LogP contribution in [0.2, 0.25) is 0 Å². The minimum absolute atomic E-state index is 0.200. The Labute approximate surface area is 85.7 Å². The first-order valence-corrected chi connectivity index (χ1v) is 5.66. The molecular formula is C11H21NO2. The van der Waals surface area contributed by atoms with Crippen molar-refractivity contribution in [3.8, 4) is 0 Å². The molecule has 1 aliphatic carbocycles. The number of nitrogens with two attached hydrogens (primary N) is 1. The Kier molecular flexibility index (Phi) is 4.94. The van der Waals surface area contributed by atoms with E-state index in [-0.39, 0.29) is 12.3 Å². The first-order chi connectivity index (χ1) is 6.74. The van der Waals surface area contributed by atoms with Crippen LogP contribution in [0.1, 0.15) is 44.9 Å². The summed E-state index contributed by atoms with van der Waals surface area (Å²) in [5, 5.41) is 8.76. The van der Waals surface area contributed by atoms with E-state index in [1.807, 2.05) is 0 Å². The minimum Gasteiger partial charge on any atom is -0.481 e. The smallest absolute Gasteiger partial charge is 0.303 e. The molecule has 0 saturated heterocycles. The van der Waals surface area contributed by atoms with Crippen molar-refractivity contribution >= 4 is 5.97 Å². The van der Waals surface area contributed by atoms with Crippen LogP contribution in [0, 0.1) is 11.8 Å². The molecule has 0 aromatic carbocycles. The van der Waals surface area contributed by atoms with Crippen molar-refractivity contribution in [1.29, 1.82) is 0 Å². The Morgan fingerprint density at radius 3 is 2.29 bits per heavy atom. The van der Waals surface area contributed by atoms with E-state index in [1.165, 1.54) is 38.5 Å². The molecule has 3 heteroatoms. The standard InChI is InChI=1S/C11H21NO2/c12-8-10(7-11(13)14)9-5-3-1-2-4-6-9/h9-10H,1-8,12H2,(H,13,14). The number of aliphatic carboxylic acids is 1. The molecule has 0 aromatic heterocycles. The van der Waals surface area contributed by atoms with Gasteiger partial charge in [0.05, 0.1) is 0 Å². The lowest BCUT2D eigenvalue weighted by Gasteiger charge is -2.23. The monoisotopic (exact) mass is 199 g/mol. The van der Waals surface area contributed by atoms with Crippen molar-refractivity contribution in [1.82, 2.24) is 0 Å². The molecule has 1 unspecified atom stereocenters. The lowest BCUT2D eigenvalue weighted by molar-refractivity contribution is -0.138. The van der Waals surface area contributed by atoms with Crippen LogP contribution in [0.3, 0.4) is 0 Å². The molecule has 14 heavy (non-hydrogen) atoms. The average molecular weight is 199 g/mol. The Morgan fingerprint density at radius 1 is 1.29 bits per heavy atom. The lowest BCUT2D eigenvalue weighted by Crippen LogP contribution is -2.25. The third kappa shape index (κ3) is 3.66. The number of rotatable bonds is 4. The summed E-state index contributed by atoms with van der Waals surface area (Å²) in [5.74, 6) is 0.0499. The summed E-state index contributed by atoms with van der Waals surface area (Å²) in [6.45, 7) is 0.525. The average Bonchev–Trinajstić information content (AvgIpc) is 2.41. The molecule has 82 valence electrons. The summed E-state index contributed by atoms with van der Waals surface area (Å²) in [5.41, 5.74) is 5.64. The number of carboxylic acid groups (broad SMARTS) is 1. The first-order valence-electron chi connectivity index (χ1n) is 5.66. The van der Waals surface area contributed by atoms with Gasteiger partial charge in [-0.1, -0.05) is 38.5 Å². The second-order valence-corrected chi connectivity index (χ2v) is 4.35. The first kappa shape index (κ1) is 11.5. The summed E-state index contributed by atoms with van der Waals surface area (Å²) in [7, 11) is 0. The molecule has 0 heterocycles. The van der Waals surface area contributed by atoms with E-state index in [2.05, 4.69) is 0 Å². The maximum atomic E-state index is 10.6. The van der Waals surface area contributed by atoms with E-state index in [0.717, 1.165) is 0 Å². The van der Waals surface area contributed by atoms with Gasteiger partial charge < -0.3 is 10.8 Å². The van der Waals surface area contributed by atoms with Crippen LogP contribution < -0.4 is 5.73 Å². The molecule has 1 saturated carbocycles. The van der Waals surface area contributed by atoms with E-state index in [1.54, 1.807) is 0 Å². The van der Waals surface area contributed by atoms with E-state index in [0.29, 0.717) is 12.5 Å². The maximum absolute atomic E-state index is 10.6. The van der Waals surface area contributed by atoms with Crippen LogP contribution in [0.5, 0.6) is 0 Å². The predicted octanol–water partition coefficient (Wildman–Crippen LogP) is 2.01. The highest BCUT2D eigenvalue weighted by molar-refractivity contribution is 5.67. The van der Waals surface area contributed by atoms with Crippen LogP contribution in [-0.2, 0) is 4.79 Å². The third-order valence-electron chi connectivity index (χ3n) is 3.31. The van der Waals surface area contributed by atoms with Crippen LogP contribution in [0.25, 0.3) is 0 Å². The predicted molar refractivity (Wildman–Crippen MR) is 56.0 cm³/mol. The van der Waals surface area contributed by atoms with Crippen LogP contribution in [0.4, 0.5) is 0 Å². The van der Waals surface area contributed by atoms with Gasteiger partial charge in [-0.05, 0) is 18.4 Å². The molecule has 0 bridgehead atoms. The molecule has 1 aliphatic rings. The van der Waals surface area contributed by atoms with E-state index < -0.39 is 5.97 Å². The quantitative estimate of drug-likeness (QED) is 0.681. The van der Waals surface area contributed by atoms with Gasteiger partial charge in [0.2, 0.25) is 0 Å². The normalized spacial score (nSPS) is 21.5. The van der Waals surface area contributed by atoms with Crippen molar-refractivity contribution in [2.24, 2.45) is 17.6 Å². The zero-order valence-corrected chi connectivity index (χ0v) is 8.74. The van der Waals surface area contributed by atoms with E-state index in [9.17, 15) is 4.79 Å². The highest BCUT2D eigenvalue weighted by atomic mass is 16.4. The second-order valence-electron chi connectivity index (χ2n) is 4.35. The number of carbonyl (C=O) groups is 1. The Bertz CT molecular complexity index is 174. The highest BCUT2D eigenvalue weighted by Crippen LogP contribution is 2.30. The van der Waals surface area contributed by atoms with Gasteiger partial charge in [0.1, 0.15) is 0 Å². The molecule has 0 aliphatic heterocycles. The molecule has 0 aromatic rings. The van der Waals surface area contributed by atoms with Gasteiger partial charge in [-0.3, -0.25) is 4.79 Å². The fourth-order valence-corrected chi connectivity index (χ4v) is 2.45. The van der Waals surface area contributed by atoms with Crippen LogP contribution in [0.15, 0.2) is 0 Å². The zero-order valence-electron chi connectivity index (χ0n) is 8.74. The second kappa shape index (κ2) is 6.02. The number of hydrogen-bond donors (Lipinski definition) is 2. The van der Waals surface area contributed by atoms with E-state index >= 15 is 0 Å². The van der Waals surface area contributed by atoms with Gasteiger partial charge in [0.25, 0.3) is 0 Å². The van der Waals surface area contributed by atoms with Crippen molar-refractivity contribution < 1.29 is 9.90 Å². The molecule has 0 amide bonds. The van der Waals surface area contributed by atoms with Crippen molar-refractivity contribution in [2.45, 2.75) is 44.9 Å². The molecule has 0 spiro atoms. The minimum atomic E-state index is -0.704. The summed E-state index contributed by atoms with van der Waals surface area (Å²) in [4.78, 5) is 10.6. The molecule has 0 radical (unpaired) electrons. The van der Waals surface area contributed by atoms with Gasteiger partial charge in [0, 0.05) is 6.42 Å². The maximum Gasteiger partial charge on any atom is 0.303 e. The SMILES string of the molecule is NCC(CC(=O)O)C1CCCCCC1. The van der Waals surface area contributed by atoms with Gasteiger partial charge in [-0.25, -0.2) is 0 Å². The van der Waals surface area contributed by atoms with Crippen LogP contribution >= 0.6 is 0 Å². The zero-order chi connectivity index (χ0) is 10.4. The molecule has 3 N–H and O–H groups in total. The number of carboxylic acids is 1. The Hall–Kier alpha value is -0.570. The molecular weight excluding hydrogens is 178 g/mol. The van der Waals surface area contributed by atoms with Gasteiger partial charge in [0.15, 0.2) is 0 Å².